The molecule has 4 nitrogen and oxygen atoms in total. The number of rotatable bonds is 2. The van der Waals surface area contributed by atoms with Crippen LogP contribution in [0.25, 0.3) is 0 Å². The number of hydrogen-bond acceptors (Lipinski definition) is 4. The summed E-state index contributed by atoms with van der Waals surface area (Å²) in [7, 11) is 3.65. The maximum atomic E-state index is 10.9. The van der Waals surface area contributed by atoms with Crippen LogP contribution in [-0.2, 0) is 0 Å². The first-order valence-corrected chi connectivity index (χ1v) is 4.26. The summed E-state index contributed by atoms with van der Waals surface area (Å²) in [5.74, 6) is -0.0143. The van der Waals surface area contributed by atoms with E-state index in [2.05, 4.69) is 21.8 Å². The standard InChI is InChI=1S/C8H17N3O/c1-9-8(12)7-11-5-3-10(2)4-6-11/h3-7H2,1-2H3,(H,9,12)/p-1. The van der Waals surface area contributed by atoms with Crippen molar-refractivity contribution in [2.75, 3.05) is 46.8 Å². The molecule has 1 aliphatic heterocycles. The minimum Gasteiger partial charge on any atom is -0.861 e. The van der Waals surface area contributed by atoms with Gasteiger partial charge in [-0.2, -0.15) is 0 Å². The van der Waals surface area contributed by atoms with Gasteiger partial charge >= 0.3 is 0 Å². The number of aliphatic imine (C=N–C) groups is 1. The summed E-state index contributed by atoms with van der Waals surface area (Å²) in [6.07, 6.45) is 0. The highest BCUT2D eigenvalue weighted by molar-refractivity contribution is 5.73. The average molecular weight is 170 g/mol. The summed E-state index contributed by atoms with van der Waals surface area (Å²) in [4.78, 5) is 8.02. The van der Waals surface area contributed by atoms with E-state index in [1.807, 2.05) is 0 Å². The molecule has 70 valence electrons. The van der Waals surface area contributed by atoms with E-state index in [1.165, 1.54) is 0 Å². The van der Waals surface area contributed by atoms with E-state index in [1.54, 1.807) is 7.05 Å². The van der Waals surface area contributed by atoms with Gasteiger partial charge in [-0.15, -0.1) is 0 Å². The van der Waals surface area contributed by atoms with Crippen LogP contribution in [-0.4, -0.2) is 62.5 Å². The molecule has 0 aromatic rings. The minimum atomic E-state index is -0.0143. The maximum Gasteiger partial charge on any atom is 0.0266 e. The van der Waals surface area contributed by atoms with Gasteiger partial charge in [0, 0.05) is 39.8 Å². The lowest BCUT2D eigenvalue weighted by Crippen LogP contribution is -2.47. The van der Waals surface area contributed by atoms with Crippen LogP contribution in [0.4, 0.5) is 0 Å². The Morgan fingerprint density at radius 3 is 2.42 bits per heavy atom. The Morgan fingerprint density at radius 1 is 1.33 bits per heavy atom. The Bertz CT molecular complexity index is 162. The number of likely N-dealkylation sites (N-methyl/N-ethyl adjacent to an activating group) is 1. The van der Waals surface area contributed by atoms with Gasteiger partial charge in [-0.25, -0.2) is 0 Å². The Labute approximate surface area is 73.5 Å². The van der Waals surface area contributed by atoms with Crippen LogP contribution in [0.5, 0.6) is 0 Å². The molecule has 4 heteroatoms. The highest BCUT2D eigenvalue weighted by Gasteiger charge is 2.12. The van der Waals surface area contributed by atoms with Crippen LogP contribution in [0, 0.1) is 0 Å². The molecule has 12 heavy (non-hydrogen) atoms. The summed E-state index contributed by atoms with van der Waals surface area (Å²) in [6.45, 7) is 4.56. The highest BCUT2D eigenvalue weighted by atomic mass is 16.3. The Balaban J connectivity index is 2.26. The summed E-state index contributed by atoms with van der Waals surface area (Å²) >= 11 is 0. The predicted molar refractivity (Wildman–Crippen MR) is 47.3 cm³/mol. The van der Waals surface area contributed by atoms with Gasteiger partial charge in [0.15, 0.2) is 0 Å². The van der Waals surface area contributed by atoms with Crippen molar-refractivity contribution >= 4 is 5.90 Å². The topological polar surface area (TPSA) is 41.9 Å². The lowest BCUT2D eigenvalue weighted by Gasteiger charge is -2.33. The lowest BCUT2D eigenvalue weighted by atomic mass is 10.3. The molecular weight excluding hydrogens is 154 g/mol. The fraction of sp³-hybridized carbons (Fsp3) is 0.875. The molecule has 1 saturated heterocycles. The van der Waals surface area contributed by atoms with Crippen LogP contribution in [0.1, 0.15) is 0 Å². The second-order valence-corrected chi connectivity index (χ2v) is 3.20. The quantitative estimate of drug-likeness (QED) is 0.379. The van der Waals surface area contributed by atoms with Gasteiger partial charge in [-0.3, -0.25) is 4.90 Å². The van der Waals surface area contributed by atoms with E-state index in [0.717, 1.165) is 26.2 Å². The van der Waals surface area contributed by atoms with Crippen LogP contribution in [0.2, 0.25) is 0 Å². The van der Waals surface area contributed by atoms with Crippen molar-refractivity contribution < 1.29 is 5.11 Å². The van der Waals surface area contributed by atoms with Crippen LogP contribution in [0.15, 0.2) is 4.99 Å². The largest absolute Gasteiger partial charge is 0.861 e. The molecular formula is C8H16N3O-. The average Bonchev–Trinajstić information content (AvgIpc) is 2.09. The third-order valence-electron chi connectivity index (χ3n) is 2.20. The van der Waals surface area contributed by atoms with E-state index in [4.69, 9.17) is 0 Å². The van der Waals surface area contributed by atoms with Crippen molar-refractivity contribution in [3.05, 3.63) is 0 Å². The highest BCUT2D eigenvalue weighted by Crippen LogP contribution is 1.97. The molecule has 1 aliphatic rings. The molecule has 0 radical (unpaired) electrons. The van der Waals surface area contributed by atoms with Gasteiger partial charge in [0.05, 0.1) is 0 Å². The molecule has 0 saturated carbocycles. The first-order valence-electron chi connectivity index (χ1n) is 4.26. The first-order chi connectivity index (χ1) is 5.72. The van der Waals surface area contributed by atoms with Gasteiger partial charge in [-0.05, 0) is 12.9 Å². The Kier molecular flexibility index (Phi) is 3.49. The third kappa shape index (κ3) is 2.79. The SMILES string of the molecule is CN=C([O-])CN1CCN(C)CC1. The van der Waals surface area contributed by atoms with E-state index < -0.39 is 0 Å². The van der Waals surface area contributed by atoms with E-state index >= 15 is 0 Å². The molecule has 0 bridgehead atoms. The fourth-order valence-corrected chi connectivity index (χ4v) is 1.27. The zero-order valence-electron chi connectivity index (χ0n) is 7.79. The molecule has 0 N–H and O–H groups in total. The minimum absolute atomic E-state index is 0.0143. The van der Waals surface area contributed by atoms with Crippen molar-refractivity contribution in [2.24, 2.45) is 4.99 Å². The van der Waals surface area contributed by atoms with Crippen LogP contribution in [0.3, 0.4) is 0 Å². The molecule has 0 atom stereocenters. The van der Waals surface area contributed by atoms with Crippen molar-refractivity contribution in [1.82, 2.24) is 9.80 Å². The van der Waals surface area contributed by atoms with Gasteiger partial charge < -0.3 is 15.0 Å². The van der Waals surface area contributed by atoms with Crippen molar-refractivity contribution in [1.29, 1.82) is 0 Å². The summed E-state index contributed by atoms with van der Waals surface area (Å²) in [6, 6.07) is 0. The van der Waals surface area contributed by atoms with Gasteiger partial charge in [0.1, 0.15) is 0 Å². The molecule has 1 fully saturated rings. The van der Waals surface area contributed by atoms with Crippen molar-refractivity contribution in [3.63, 3.8) is 0 Å². The Morgan fingerprint density at radius 2 is 1.92 bits per heavy atom. The van der Waals surface area contributed by atoms with Gasteiger partial charge in [0.2, 0.25) is 0 Å². The summed E-state index contributed by atoms with van der Waals surface area (Å²) in [5, 5.41) is 10.9. The van der Waals surface area contributed by atoms with E-state index in [-0.39, 0.29) is 5.90 Å². The second kappa shape index (κ2) is 4.42. The Hall–Kier alpha value is -0.610. The molecule has 1 heterocycles. The molecule has 0 spiro atoms. The molecule has 0 aliphatic carbocycles. The fourth-order valence-electron chi connectivity index (χ4n) is 1.27. The lowest BCUT2D eigenvalue weighted by molar-refractivity contribution is -0.220. The smallest absolute Gasteiger partial charge is 0.0266 e. The molecule has 0 aromatic heterocycles. The monoisotopic (exact) mass is 170 g/mol. The van der Waals surface area contributed by atoms with E-state index in [9.17, 15) is 5.11 Å². The normalized spacial score (nSPS) is 23.0. The number of nitrogens with zero attached hydrogens (tertiary/aromatic N) is 3. The van der Waals surface area contributed by atoms with Crippen LogP contribution >= 0.6 is 0 Å². The molecule has 0 amide bonds. The van der Waals surface area contributed by atoms with Crippen LogP contribution < -0.4 is 5.11 Å². The summed E-state index contributed by atoms with van der Waals surface area (Å²) < 4.78 is 0. The van der Waals surface area contributed by atoms with Crippen molar-refractivity contribution in [2.45, 2.75) is 0 Å². The molecule has 0 aromatic carbocycles. The second-order valence-electron chi connectivity index (χ2n) is 3.20. The molecule has 0 unspecified atom stereocenters. The number of hydrogen-bond donors (Lipinski definition) is 0. The van der Waals surface area contributed by atoms with Gasteiger partial charge in [0.25, 0.3) is 0 Å². The first kappa shape index (κ1) is 9.48. The maximum absolute atomic E-state index is 10.9. The number of piperazine rings is 1. The molecule has 1 rings (SSSR count). The van der Waals surface area contributed by atoms with E-state index in [0.29, 0.717) is 6.54 Å². The third-order valence-corrected chi connectivity index (χ3v) is 2.20. The predicted octanol–water partition coefficient (Wildman–Crippen LogP) is -1.38. The zero-order valence-corrected chi connectivity index (χ0v) is 7.79. The summed E-state index contributed by atoms with van der Waals surface area (Å²) in [5.41, 5.74) is 0. The van der Waals surface area contributed by atoms with Crippen molar-refractivity contribution in [3.8, 4) is 0 Å². The zero-order chi connectivity index (χ0) is 8.97. The van der Waals surface area contributed by atoms with Gasteiger partial charge in [-0.1, -0.05) is 0 Å².